The molecule has 4 aromatic rings. The maximum Gasteiger partial charge on any atom is 0.377 e. The van der Waals surface area contributed by atoms with Crippen LogP contribution < -0.4 is 9.73 Å². The van der Waals surface area contributed by atoms with Gasteiger partial charge in [0.2, 0.25) is 12.3 Å². The van der Waals surface area contributed by atoms with E-state index in [0.29, 0.717) is 5.75 Å². The number of nitrogens with one attached hydrogen (secondary N) is 1. The Bertz CT molecular complexity index is 1100. The number of benzene rings is 3. The van der Waals surface area contributed by atoms with E-state index in [4.69, 9.17) is 4.74 Å². The molecule has 0 aliphatic heterocycles. The molecule has 1 heterocycles. The predicted octanol–water partition coefficient (Wildman–Crippen LogP) is 4.11. The average Bonchev–Trinajstić information content (AvgIpc) is 3.20. The smallest absolute Gasteiger partial charge is 0.377 e. The second-order valence-electron chi connectivity index (χ2n) is 6.89. The Morgan fingerprint density at radius 3 is 2.07 bits per heavy atom. The number of aliphatic hydroxyl groups excluding tert-OH is 1. The van der Waals surface area contributed by atoms with Gasteiger partial charge in [-0.25, -0.2) is 0 Å². The quantitative estimate of drug-likeness (QED) is 0.389. The van der Waals surface area contributed by atoms with Gasteiger partial charge in [-0.15, -0.1) is 0 Å². The van der Waals surface area contributed by atoms with Crippen LogP contribution >= 0.6 is 0 Å². The molecule has 0 radical (unpaired) electrons. The number of hydrogen-bond donors (Lipinski definition) is 2. The molecule has 0 saturated heterocycles. The number of hydrogen-bond acceptors (Lipinski definition) is 1. The van der Waals surface area contributed by atoms with E-state index in [1.165, 1.54) is 0 Å². The van der Waals surface area contributed by atoms with E-state index in [0.717, 1.165) is 27.9 Å². The van der Waals surface area contributed by atoms with Gasteiger partial charge in [-0.2, -0.15) is 4.99 Å². The lowest BCUT2D eigenvalue weighted by molar-refractivity contribution is -0.368. The molecule has 144 valence electrons. The van der Waals surface area contributed by atoms with Crippen molar-refractivity contribution in [2.45, 2.75) is 0 Å². The zero-order valence-electron chi connectivity index (χ0n) is 16.2. The Morgan fingerprint density at radius 1 is 0.793 bits per heavy atom. The zero-order valence-corrected chi connectivity index (χ0v) is 16.2. The van der Waals surface area contributed by atoms with Crippen molar-refractivity contribution in [1.82, 2.24) is 4.57 Å². The minimum absolute atomic E-state index is 0.0598. The first-order valence-electron chi connectivity index (χ1n) is 9.50. The van der Waals surface area contributed by atoms with Crippen LogP contribution in [0.1, 0.15) is 0 Å². The van der Waals surface area contributed by atoms with Crippen molar-refractivity contribution < 1.29 is 14.8 Å². The molecule has 3 aromatic carbocycles. The van der Waals surface area contributed by atoms with Crippen LogP contribution in [0.3, 0.4) is 0 Å². The summed E-state index contributed by atoms with van der Waals surface area (Å²) >= 11 is 0. The van der Waals surface area contributed by atoms with Crippen molar-refractivity contribution in [3.8, 4) is 28.0 Å². The molecule has 2 N–H and O–H groups in total. The van der Waals surface area contributed by atoms with Crippen molar-refractivity contribution in [3.63, 3.8) is 0 Å². The van der Waals surface area contributed by atoms with Crippen LogP contribution in [0, 0.1) is 0 Å². The van der Waals surface area contributed by atoms with Gasteiger partial charge in [0.05, 0.1) is 0 Å². The Labute approximate surface area is 170 Å². The number of nitrogens with zero attached hydrogens (tertiary/aromatic N) is 1. The molecule has 4 heteroatoms. The molecule has 4 rings (SSSR count). The first-order chi connectivity index (χ1) is 14.2. The van der Waals surface area contributed by atoms with E-state index in [2.05, 4.69) is 29.4 Å². The maximum atomic E-state index is 10.2. The summed E-state index contributed by atoms with van der Waals surface area (Å²) in [6.07, 6.45) is 4.09. The second kappa shape index (κ2) is 8.48. The summed E-state index contributed by atoms with van der Waals surface area (Å²) in [5.74, 6) is 0.766. The lowest BCUT2D eigenvalue weighted by Crippen LogP contribution is -2.67. The van der Waals surface area contributed by atoms with Gasteiger partial charge in [0, 0.05) is 31.6 Å². The van der Waals surface area contributed by atoms with Crippen molar-refractivity contribution in [3.05, 3.63) is 97.3 Å². The second-order valence-corrected chi connectivity index (χ2v) is 6.89. The van der Waals surface area contributed by atoms with Crippen LogP contribution in [-0.4, -0.2) is 22.2 Å². The van der Waals surface area contributed by atoms with Crippen LogP contribution in [0.4, 0.5) is 5.69 Å². The molecule has 29 heavy (non-hydrogen) atoms. The van der Waals surface area contributed by atoms with Crippen molar-refractivity contribution >= 4 is 11.6 Å². The van der Waals surface area contributed by atoms with Gasteiger partial charge in [0.1, 0.15) is 5.75 Å². The van der Waals surface area contributed by atoms with E-state index in [1.54, 1.807) is 0 Å². The van der Waals surface area contributed by atoms with E-state index >= 15 is 0 Å². The summed E-state index contributed by atoms with van der Waals surface area (Å²) < 4.78 is 7.69. The lowest BCUT2D eigenvalue weighted by Gasteiger charge is -2.04. The topological polar surface area (TPSA) is 48.4 Å². The summed E-state index contributed by atoms with van der Waals surface area (Å²) in [6.45, 7) is 0.0745. The molecule has 0 atom stereocenters. The third kappa shape index (κ3) is 4.74. The molecule has 4 nitrogen and oxygen atoms in total. The summed E-state index contributed by atoms with van der Waals surface area (Å²) in [7, 11) is 2.00. The normalized spacial score (nSPS) is 11.4. The van der Waals surface area contributed by atoms with E-state index in [1.807, 2.05) is 84.5 Å². The molecule has 0 bridgehead atoms. The Kier molecular flexibility index (Phi) is 5.43. The fourth-order valence-corrected chi connectivity index (χ4v) is 3.15. The minimum Gasteiger partial charge on any atom is -0.479 e. The molecule has 0 saturated carbocycles. The van der Waals surface area contributed by atoms with Crippen LogP contribution in [0.15, 0.2) is 97.3 Å². The molecule has 0 fully saturated rings. The van der Waals surface area contributed by atoms with Crippen molar-refractivity contribution in [2.75, 3.05) is 6.61 Å². The molecule has 0 aliphatic carbocycles. The van der Waals surface area contributed by atoms with Crippen molar-refractivity contribution in [1.29, 1.82) is 0 Å². The lowest BCUT2D eigenvalue weighted by atomic mass is 10.1. The Hall–Kier alpha value is -3.79. The van der Waals surface area contributed by atoms with Gasteiger partial charge >= 0.3 is 5.90 Å². The van der Waals surface area contributed by atoms with E-state index < -0.39 is 0 Å². The van der Waals surface area contributed by atoms with E-state index in [-0.39, 0.29) is 12.5 Å². The number of aryl methyl sites for hydroxylation is 1. The predicted molar refractivity (Wildman–Crippen MR) is 116 cm³/mol. The number of rotatable bonds is 6. The highest BCUT2D eigenvalue weighted by Gasteiger charge is 2.07. The van der Waals surface area contributed by atoms with Gasteiger partial charge in [-0.1, -0.05) is 42.5 Å². The fourth-order valence-electron chi connectivity index (χ4n) is 3.15. The van der Waals surface area contributed by atoms with Gasteiger partial charge < -0.3 is 14.4 Å². The standard InChI is InChI=1S/C25H22N2O2/c1-27-16-15-22(17-27)21-9-13-24(14-10-21)29-18-25(28)26-23-11-7-20(8-12-23)19-5-3-2-4-6-19/h2-17H,18H2,1H3,(H,26,28)/p+1. The van der Waals surface area contributed by atoms with Crippen LogP contribution in [0.5, 0.6) is 5.75 Å². The number of ether oxygens (including phenoxy) is 1. The average molecular weight is 383 g/mol. The molecule has 0 amide bonds. The summed E-state index contributed by atoms with van der Waals surface area (Å²) in [4.78, 5) is 2.98. The van der Waals surface area contributed by atoms with Gasteiger partial charge in [0.25, 0.3) is 0 Å². The highest BCUT2D eigenvalue weighted by Crippen LogP contribution is 2.22. The van der Waals surface area contributed by atoms with Crippen LogP contribution in [-0.2, 0) is 7.05 Å². The van der Waals surface area contributed by atoms with Gasteiger partial charge in [0.15, 0.2) is 0 Å². The molecular formula is C25H23N2O2+. The maximum absolute atomic E-state index is 10.2. The first-order valence-corrected chi connectivity index (χ1v) is 9.50. The summed E-state index contributed by atoms with van der Waals surface area (Å²) in [5, 5.41) is 10.2. The summed E-state index contributed by atoms with van der Waals surface area (Å²) in [5.41, 5.74) is 5.39. The van der Waals surface area contributed by atoms with Gasteiger partial charge in [-0.05, 0) is 52.6 Å². The largest absolute Gasteiger partial charge is 0.479 e. The van der Waals surface area contributed by atoms with Crippen LogP contribution in [0.25, 0.3) is 22.3 Å². The highest BCUT2D eigenvalue weighted by atomic mass is 16.5. The fraction of sp³-hybridized carbons (Fsp3) is 0.0800. The third-order valence-electron chi connectivity index (χ3n) is 4.68. The molecular weight excluding hydrogens is 360 g/mol. The Balaban J connectivity index is 1.36. The third-order valence-corrected chi connectivity index (χ3v) is 4.68. The summed E-state index contributed by atoms with van der Waals surface area (Å²) in [6, 6.07) is 28.0. The monoisotopic (exact) mass is 383 g/mol. The molecule has 0 spiro atoms. The van der Waals surface area contributed by atoms with Gasteiger partial charge in [-0.3, -0.25) is 0 Å². The zero-order chi connectivity index (χ0) is 20.1. The highest BCUT2D eigenvalue weighted by molar-refractivity contribution is 5.71. The number of aliphatic hydroxyl groups is 1. The molecule has 0 unspecified atom stereocenters. The number of aromatic nitrogens is 1. The van der Waals surface area contributed by atoms with E-state index in [9.17, 15) is 5.11 Å². The first kappa shape index (κ1) is 18.6. The van der Waals surface area contributed by atoms with Crippen molar-refractivity contribution in [2.24, 2.45) is 7.05 Å². The molecule has 0 aliphatic rings. The van der Waals surface area contributed by atoms with Crippen LogP contribution in [0.2, 0.25) is 0 Å². The SMILES string of the molecule is Cn1ccc(-c2ccc(OCC(O)=[NH+]c3ccc(-c4ccccc4)cc3)cc2)c1. The molecule has 1 aromatic heterocycles. The Morgan fingerprint density at radius 2 is 1.41 bits per heavy atom. The minimum atomic E-state index is 0.0598.